The monoisotopic (exact) mass is 323 g/mol. The number of hydrogen-bond acceptors (Lipinski definition) is 4. The third kappa shape index (κ3) is 1.85. The predicted octanol–water partition coefficient (Wildman–Crippen LogP) is 3.21. The van der Waals surface area contributed by atoms with E-state index in [2.05, 4.69) is 4.99 Å². The summed E-state index contributed by atoms with van der Waals surface area (Å²) >= 11 is 12.2. The van der Waals surface area contributed by atoms with Gasteiger partial charge in [0.25, 0.3) is 0 Å². The molecule has 108 valence electrons. The van der Waals surface area contributed by atoms with Gasteiger partial charge in [0.05, 0.1) is 35.4 Å². The average molecular weight is 324 g/mol. The molecule has 1 aliphatic rings. The van der Waals surface area contributed by atoms with Gasteiger partial charge in [-0.25, -0.2) is 4.99 Å². The summed E-state index contributed by atoms with van der Waals surface area (Å²) in [5.41, 5.74) is 6.95. The highest BCUT2D eigenvalue weighted by atomic mass is 35.5. The van der Waals surface area contributed by atoms with Crippen LogP contribution in [-0.2, 0) is 0 Å². The smallest absolute Gasteiger partial charge is 0.158 e. The van der Waals surface area contributed by atoms with Crippen LogP contribution >= 0.6 is 23.2 Å². The standard InChI is InChI=1S/C14H11Cl2N3O2/c1-20-11-5-3-7(15)8(16)4-6(5)12(21-2)10-9(11)13(17)19-14(10)18/h3-4H,1-2H3,(H3,17,18,19). The van der Waals surface area contributed by atoms with Crippen LogP contribution in [0.3, 0.4) is 0 Å². The van der Waals surface area contributed by atoms with E-state index in [0.29, 0.717) is 43.4 Å². The third-order valence-corrected chi connectivity index (χ3v) is 4.11. The van der Waals surface area contributed by atoms with Gasteiger partial charge < -0.3 is 15.2 Å². The van der Waals surface area contributed by atoms with Gasteiger partial charge in [-0.05, 0) is 12.1 Å². The molecule has 0 radical (unpaired) electrons. The van der Waals surface area contributed by atoms with E-state index in [0.717, 1.165) is 0 Å². The van der Waals surface area contributed by atoms with Gasteiger partial charge in [0.15, 0.2) is 5.84 Å². The third-order valence-electron chi connectivity index (χ3n) is 3.39. The summed E-state index contributed by atoms with van der Waals surface area (Å²) in [5, 5.41) is 10.2. The van der Waals surface area contributed by atoms with E-state index in [1.165, 1.54) is 14.2 Å². The van der Waals surface area contributed by atoms with Crippen molar-refractivity contribution in [3.63, 3.8) is 0 Å². The van der Waals surface area contributed by atoms with Gasteiger partial charge >= 0.3 is 0 Å². The molecule has 2 aromatic carbocycles. The molecule has 0 saturated heterocycles. The molecule has 0 saturated carbocycles. The molecule has 0 aliphatic carbocycles. The second-order valence-electron chi connectivity index (χ2n) is 4.47. The summed E-state index contributed by atoms with van der Waals surface area (Å²) in [4.78, 5) is 3.99. The number of fused-ring (bicyclic) bond motifs is 2. The van der Waals surface area contributed by atoms with E-state index in [-0.39, 0.29) is 11.7 Å². The molecule has 21 heavy (non-hydrogen) atoms. The van der Waals surface area contributed by atoms with E-state index in [4.69, 9.17) is 43.8 Å². The Bertz CT molecular complexity index is 831. The maximum absolute atomic E-state index is 7.99. The van der Waals surface area contributed by atoms with E-state index in [1.807, 2.05) is 0 Å². The lowest BCUT2D eigenvalue weighted by Crippen LogP contribution is -2.13. The number of methoxy groups -OCH3 is 2. The molecule has 0 spiro atoms. The molecule has 0 fully saturated rings. The van der Waals surface area contributed by atoms with Gasteiger partial charge in [-0.3, -0.25) is 5.41 Å². The Balaban J connectivity index is 2.57. The van der Waals surface area contributed by atoms with Gasteiger partial charge in [-0.2, -0.15) is 0 Å². The first-order chi connectivity index (χ1) is 9.99. The number of halogens is 2. The maximum atomic E-state index is 7.99. The fraction of sp³-hybridized carbons (Fsp3) is 0.143. The van der Waals surface area contributed by atoms with Crippen molar-refractivity contribution in [3.05, 3.63) is 33.3 Å². The highest BCUT2D eigenvalue weighted by Crippen LogP contribution is 2.45. The lowest BCUT2D eigenvalue weighted by molar-refractivity contribution is 0.409. The molecule has 0 unspecified atom stereocenters. The quantitative estimate of drug-likeness (QED) is 0.890. The molecule has 1 aliphatic heterocycles. The SMILES string of the molecule is COc1c2c(c(OC)c3cc(Cl)c(Cl)cc13)C(N)=NC2=N. The number of benzene rings is 2. The normalized spacial score (nSPS) is 13.3. The summed E-state index contributed by atoms with van der Waals surface area (Å²) in [5.74, 6) is 1.24. The Hall–Kier alpha value is -1.98. The van der Waals surface area contributed by atoms with Crippen LogP contribution in [-0.4, -0.2) is 25.9 Å². The van der Waals surface area contributed by atoms with Gasteiger partial charge in [0.1, 0.15) is 17.3 Å². The van der Waals surface area contributed by atoms with Crippen molar-refractivity contribution in [1.82, 2.24) is 0 Å². The highest BCUT2D eigenvalue weighted by Gasteiger charge is 2.30. The Morgan fingerprint density at radius 2 is 1.48 bits per heavy atom. The number of nitrogens with one attached hydrogen (secondary N) is 1. The second-order valence-corrected chi connectivity index (χ2v) is 5.29. The van der Waals surface area contributed by atoms with Crippen LogP contribution in [0.25, 0.3) is 10.8 Å². The van der Waals surface area contributed by atoms with Gasteiger partial charge in [0.2, 0.25) is 0 Å². The van der Waals surface area contributed by atoms with Crippen LogP contribution < -0.4 is 15.2 Å². The maximum Gasteiger partial charge on any atom is 0.158 e. The molecule has 7 heteroatoms. The Kier molecular flexibility index (Phi) is 3.19. The average Bonchev–Trinajstić information content (AvgIpc) is 2.73. The van der Waals surface area contributed by atoms with Crippen molar-refractivity contribution in [2.45, 2.75) is 0 Å². The van der Waals surface area contributed by atoms with Crippen molar-refractivity contribution < 1.29 is 9.47 Å². The van der Waals surface area contributed by atoms with Crippen molar-refractivity contribution in [3.8, 4) is 11.5 Å². The largest absolute Gasteiger partial charge is 0.495 e. The summed E-state index contributed by atoms with van der Waals surface area (Å²) in [7, 11) is 3.05. The topological polar surface area (TPSA) is 80.7 Å². The van der Waals surface area contributed by atoms with Gasteiger partial charge in [-0.1, -0.05) is 23.2 Å². The molecule has 0 bridgehead atoms. The fourth-order valence-corrected chi connectivity index (χ4v) is 2.87. The summed E-state index contributed by atoms with van der Waals surface area (Å²) < 4.78 is 10.9. The lowest BCUT2D eigenvalue weighted by Gasteiger charge is -2.16. The molecular weight excluding hydrogens is 313 g/mol. The van der Waals surface area contributed by atoms with Crippen LogP contribution in [0, 0.1) is 5.41 Å². The first-order valence-corrected chi connectivity index (χ1v) is 6.75. The van der Waals surface area contributed by atoms with Crippen LogP contribution in [0.5, 0.6) is 11.5 Å². The van der Waals surface area contributed by atoms with Crippen molar-refractivity contribution in [1.29, 1.82) is 5.41 Å². The second kappa shape index (κ2) is 4.79. The molecule has 0 aromatic heterocycles. The van der Waals surface area contributed by atoms with Crippen LogP contribution in [0.2, 0.25) is 10.0 Å². The van der Waals surface area contributed by atoms with Crippen molar-refractivity contribution in [2.75, 3.05) is 14.2 Å². The van der Waals surface area contributed by atoms with Crippen LogP contribution in [0.15, 0.2) is 17.1 Å². The molecule has 0 amide bonds. The molecule has 2 aromatic rings. The molecule has 1 heterocycles. The summed E-state index contributed by atoms with van der Waals surface area (Å²) in [6.45, 7) is 0. The fourth-order valence-electron chi connectivity index (χ4n) is 2.55. The first kappa shape index (κ1) is 14.0. The number of nitrogens with two attached hydrogens (primary N) is 1. The zero-order valence-electron chi connectivity index (χ0n) is 11.3. The molecular formula is C14H11Cl2N3O2. The van der Waals surface area contributed by atoms with E-state index in [1.54, 1.807) is 12.1 Å². The van der Waals surface area contributed by atoms with Gasteiger partial charge in [0, 0.05) is 10.8 Å². The lowest BCUT2D eigenvalue weighted by atomic mass is 9.98. The number of hydrogen-bond donors (Lipinski definition) is 2. The number of ether oxygens (including phenoxy) is 2. The van der Waals surface area contributed by atoms with E-state index >= 15 is 0 Å². The number of amidine groups is 2. The minimum Gasteiger partial charge on any atom is -0.495 e. The van der Waals surface area contributed by atoms with Crippen molar-refractivity contribution in [2.24, 2.45) is 10.7 Å². The molecule has 0 atom stereocenters. The predicted molar refractivity (Wildman–Crippen MR) is 84.6 cm³/mol. The first-order valence-electron chi connectivity index (χ1n) is 5.99. The zero-order chi connectivity index (χ0) is 15.3. The van der Waals surface area contributed by atoms with E-state index < -0.39 is 0 Å². The van der Waals surface area contributed by atoms with Crippen molar-refractivity contribution >= 4 is 45.6 Å². The Labute approximate surface area is 130 Å². The van der Waals surface area contributed by atoms with Crippen LogP contribution in [0.1, 0.15) is 11.1 Å². The molecule has 3 N–H and O–H groups in total. The number of aliphatic imine (C=N–C) groups is 1. The van der Waals surface area contributed by atoms with Gasteiger partial charge in [-0.15, -0.1) is 0 Å². The van der Waals surface area contributed by atoms with Crippen LogP contribution in [0.4, 0.5) is 0 Å². The summed E-state index contributed by atoms with van der Waals surface area (Å²) in [6.07, 6.45) is 0. The zero-order valence-corrected chi connectivity index (χ0v) is 12.8. The Morgan fingerprint density at radius 3 is 1.95 bits per heavy atom. The minimum absolute atomic E-state index is 0.0330. The summed E-state index contributed by atoms with van der Waals surface area (Å²) in [6, 6.07) is 3.37. The highest BCUT2D eigenvalue weighted by molar-refractivity contribution is 6.43. The van der Waals surface area contributed by atoms with E-state index in [9.17, 15) is 0 Å². The molecule has 3 rings (SSSR count). The number of rotatable bonds is 2. The minimum atomic E-state index is 0.0330. The molecule has 5 nitrogen and oxygen atoms in total. The number of nitrogens with zero attached hydrogens (tertiary/aromatic N) is 1. The Morgan fingerprint density at radius 1 is 1.00 bits per heavy atom.